The maximum absolute atomic E-state index is 12.8. The molecule has 0 fully saturated rings. The zero-order chi connectivity index (χ0) is 17.9. The van der Waals surface area contributed by atoms with Crippen LogP contribution >= 0.6 is 0 Å². The van der Waals surface area contributed by atoms with Gasteiger partial charge in [0.25, 0.3) is 5.91 Å². The highest BCUT2D eigenvalue weighted by molar-refractivity contribution is 5.97. The summed E-state index contributed by atoms with van der Waals surface area (Å²) in [6.45, 7) is 1.13. The summed E-state index contributed by atoms with van der Waals surface area (Å²) in [6.07, 6.45) is 0.266. The Hall–Kier alpha value is -3.25. The molecule has 2 N–H and O–H groups in total. The summed E-state index contributed by atoms with van der Waals surface area (Å²) in [6, 6.07) is 18.5. The molecule has 0 saturated carbocycles. The van der Waals surface area contributed by atoms with E-state index in [4.69, 9.17) is 0 Å². The molecular weight excluding hydrogens is 328 g/mol. The largest absolute Gasteiger partial charge is 0.309 e. The van der Waals surface area contributed by atoms with Gasteiger partial charge in [0.05, 0.1) is 12.1 Å². The Kier molecular flexibility index (Phi) is 4.33. The zero-order valence-electron chi connectivity index (χ0n) is 14.1. The van der Waals surface area contributed by atoms with E-state index < -0.39 is 0 Å². The molecule has 2 heterocycles. The van der Waals surface area contributed by atoms with Gasteiger partial charge in [0.15, 0.2) is 5.82 Å². The predicted octanol–water partition coefficient (Wildman–Crippen LogP) is 2.36. The van der Waals surface area contributed by atoms with Crippen LogP contribution in [0.3, 0.4) is 0 Å². The van der Waals surface area contributed by atoms with E-state index in [0.717, 1.165) is 16.8 Å². The molecule has 1 amide bonds. The quantitative estimate of drug-likeness (QED) is 0.760. The Morgan fingerprint density at radius 3 is 2.42 bits per heavy atom. The first kappa shape index (κ1) is 16.2. The Bertz CT molecular complexity index is 949. The maximum Gasteiger partial charge on any atom is 0.278 e. The Labute approximate surface area is 150 Å². The van der Waals surface area contributed by atoms with Crippen LogP contribution in [-0.2, 0) is 24.3 Å². The van der Waals surface area contributed by atoms with Crippen molar-refractivity contribution in [2.45, 2.75) is 19.5 Å². The van der Waals surface area contributed by atoms with Crippen molar-refractivity contribution in [1.82, 2.24) is 15.1 Å². The lowest BCUT2D eigenvalue weighted by Crippen LogP contribution is -2.20. The average molecular weight is 346 g/mol. The normalized spacial score (nSPS) is 12.6. The first-order valence-corrected chi connectivity index (χ1v) is 8.47. The monoisotopic (exact) mass is 346 g/mol. The number of hydrogen-bond acceptors (Lipinski definition) is 4. The summed E-state index contributed by atoms with van der Waals surface area (Å²) in [7, 11) is 0. The van der Waals surface area contributed by atoms with Crippen molar-refractivity contribution in [2.75, 3.05) is 5.32 Å². The van der Waals surface area contributed by atoms with Crippen molar-refractivity contribution >= 4 is 17.6 Å². The van der Waals surface area contributed by atoms with Crippen LogP contribution in [-0.4, -0.2) is 21.6 Å². The molecule has 130 valence electrons. The average Bonchev–Trinajstić information content (AvgIpc) is 3.27. The van der Waals surface area contributed by atoms with E-state index in [1.54, 1.807) is 12.1 Å². The van der Waals surface area contributed by atoms with Gasteiger partial charge in [-0.25, -0.2) is 0 Å². The van der Waals surface area contributed by atoms with Crippen LogP contribution in [0, 0.1) is 0 Å². The topological polar surface area (TPSA) is 76.0 Å². The predicted molar refractivity (Wildman–Crippen MR) is 97.7 cm³/mol. The van der Waals surface area contributed by atoms with Gasteiger partial charge < -0.3 is 10.6 Å². The standard InChI is InChI=1S/C20H18N4O2/c25-18(11-14-7-3-1-4-8-14)22-19-16-12-21-13-17(16)24(23-19)20(26)15-9-5-2-6-10-15/h1-10,21H,11-13H2,(H,22,23,25). The second kappa shape index (κ2) is 6.93. The van der Waals surface area contributed by atoms with Gasteiger partial charge in [0.2, 0.25) is 5.91 Å². The van der Waals surface area contributed by atoms with Gasteiger partial charge in [-0.15, -0.1) is 5.10 Å². The lowest BCUT2D eigenvalue weighted by molar-refractivity contribution is -0.115. The number of nitrogens with zero attached hydrogens (tertiary/aromatic N) is 2. The molecule has 0 atom stereocenters. The Morgan fingerprint density at radius 2 is 1.69 bits per heavy atom. The van der Waals surface area contributed by atoms with E-state index in [0.29, 0.717) is 24.5 Å². The SMILES string of the molecule is O=C(Cc1ccccc1)Nc1nn(C(=O)c2ccccc2)c2c1CNC2. The number of fused-ring (bicyclic) bond motifs is 1. The molecule has 6 nitrogen and oxygen atoms in total. The molecule has 26 heavy (non-hydrogen) atoms. The van der Waals surface area contributed by atoms with Crippen LogP contribution in [0.1, 0.15) is 27.2 Å². The summed E-state index contributed by atoms with van der Waals surface area (Å²) in [5.41, 5.74) is 3.16. The van der Waals surface area contributed by atoms with E-state index in [-0.39, 0.29) is 18.2 Å². The molecule has 0 spiro atoms. The molecule has 0 aliphatic carbocycles. The highest BCUT2D eigenvalue weighted by Crippen LogP contribution is 2.25. The number of rotatable bonds is 4. The minimum Gasteiger partial charge on any atom is -0.309 e. The Balaban J connectivity index is 1.58. The second-order valence-corrected chi connectivity index (χ2v) is 6.17. The third-order valence-corrected chi connectivity index (χ3v) is 4.36. The highest BCUT2D eigenvalue weighted by atomic mass is 16.2. The van der Waals surface area contributed by atoms with Gasteiger partial charge in [0.1, 0.15) is 0 Å². The minimum absolute atomic E-state index is 0.150. The first-order chi connectivity index (χ1) is 12.7. The van der Waals surface area contributed by atoms with Crippen LogP contribution in [0.5, 0.6) is 0 Å². The number of nitrogens with one attached hydrogen (secondary N) is 2. The number of anilines is 1. The molecule has 3 aromatic rings. The highest BCUT2D eigenvalue weighted by Gasteiger charge is 2.26. The molecule has 0 bridgehead atoms. The third-order valence-electron chi connectivity index (χ3n) is 4.36. The van der Waals surface area contributed by atoms with Crippen LogP contribution in [0.25, 0.3) is 0 Å². The molecule has 1 aliphatic heterocycles. The van der Waals surface area contributed by atoms with Gasteiger partial charge in [-0.3, -0.25) is 9.59 Å². The number of hydrogen-bond donors (Lipinski definition) is 2. The molecule has 4 rings (SSSR count). The van der Waals surface area contributed by atoms with Gasteiger partial charge in [-0.05, 0) is 17.7 Å². The summed E-state index contributed by atoms with van der Waals surface area (Å²) in [4.78, 5) is 25.1. The van der Waals surface area contributed by atoms with Gasteiger partial charge in [-0.2, -0.15) is 4.68 Å². The van der Waals surface area contributed by atoms with Crippen LogP contribution in [0.15, 0.2) is 60.7 Å². The fraction of sp³-hybridized carbons (Fsp3) is 0.150. The van der Waals surface area contributed by atoms with Crippen molar-refractivity contribution in [2.24, 2.45) is 0 Å². The second-order valence-electron chi connectivity index (χ2n) is 6.17. The summed E-state index contributed by atoms with van der Waals surface area (Å²) in [5, 5.41) is 10.5. The van der Waals surface area contributed by atoms with Crippen molar-refractivity contribution in [3.05, 3.63) is 83.0 Å². The molecule has 6 heteroatoms. The summed E-state index contributed by atoms with van der Waals surface area (Å²) < 4.78 is 1.39. The van der Waals surface area contributed by atoms with Gasteiger partial charge in [-0.1, -0.05) is 48.5 Å². The van der Waals surface area contributed by atoms with Crippen molar-refractivity contribution in [1.29, 1.82) is 0 Å². The van der Waals surface area contributed by atoms with E-state index in [1.807, 2.05) is 48.5 Å². The van der Waals surface area contributed by atoms with E-state index >= 15 is 0 Å². The van der Waals surface area contributed by atoms with Crippen molar-refractivity contribution in [3.63, 3.8) is 0 Å². The van der Waals surface area contributed by atoms with Crippen molar-refractivity contribution in [3.8, 4) is 0 Å². The molecule has 0 unspecified atom stereocenters. The van der Waals surface area contributed by atoms with Crippen molar-refractivity contribution < 1.29 is 9.59 Å². The van der Waals surface area contributed by atoms with E-state index in [9.17, 15) is 9.59 Å². The lowest BCUT2D eigenvalue weighted by Gasteiger charge is -2.05. The molecule has 0 saturated heterocycles. The molecule has 0 radical (unpaired) electrons. The van der Waals surface area contributed by atoms with Crippen LogP contribution < -0.4 is 10.6 Å². The van der Waals surface area contributed by atoms with Crippen LogP contribution in [0.2, 0.25) is 0 Å². The molecule has 1 aliphatic rings. The van der Waals surface area contributed by atoms with Crippen LogP contribution in [0.4, 0.5) is 5.82 Å². The Morgan fingerprint density at radius 1 is 1.00 bits per heavy atom. The zero-order valence-corrected chi connectivity index (χ0v) is 14.1. The summed E-state index contributed by atoms with van der Waals surface area (Å²) >= 11 is 0. The smallest absolute Gasteiger partial charge is 0.278 e. The number of carbonyl (C=O) groups excluding carboxylic acids is 2. The van der Waals surface area contributed by atoms with Gasteiger partial charge in [0, 0.05) is 24.2 Å². The first-order valence-electron chi connectivity index (χ1n) is 8.47. The van der Waals surface area contributed by atoms with Gasteiger partial charge >= 0.3 is 0 Å². The fourth-order valence-electron chi connectivity index (χ4n) is 3.09. The summed E-state index contributed by atoms with van der Waals surface area (Å²) in [5.74, 6) is 0.104. The number of benzene rings is 2. The number of carbonyl (C=O) groups is 2. The minimum atomic E-state index is -0.200. The molecule has 2 aromatic carbocycles. The maximum atomic E-state index is 12.8. The lowest BCUT2D eigenvalue weighted by atomic mass is 10.1. The number of amides is 1. The number of aromatic nitrogens is 2. The molecular formula is C20H18N4O2. The van der Waals surface area contributed by atoms with E-state index in [1.165, 1.54) is 4.68 Å². The fourth-order valence-corrected chi connectivity index (χ4v) is 3.09. The molecule has 1 aromatic heterocycles. The van der Waals surface area contributed by atoms with E-state index in [2.05, 4.69) is 15.7 Å². The third kappa shape index (κ3) is 3.14.